The van der Waals surface area contributed by atoms with Gasteiger partial charge >= 0.3 is 6.18 Å². The monoisotopic (exact) mass is 342 g/mol. The Hall–Kier alpha value is -1.39. The molecule has 2 aliphatic heterocycles. The zero-order valence-corrected chi connectivity index (χ0v) is 13.3. The minimum Gasteiger partial charge on any atom is -0.382 e. The Bertz CT molecular complexity index is 621. The molecule has 2 heterocycles. The molecule has 124 valence electrons. The third-order valence-corrected chi connectivity index (χ3v) is 5.60. The van der Waals surface area contributed by atoms with Gasteiger partial charge in [0, 0.05) is 24.1 Å². The second-order valence-electron chi connectivity index (χ2n) is 6.04. The fraction of sp³-hybridized carbons (Fsp3) is 0.562. The second-order valence-corrected chi connectivity index (χ2v) is 7.14. The number of nitrogens with one attached hydrogen (secondary N) is 1. The van der Waals surface area contributed by atoms with E-state index in [1.807, 2.05) is 11.8 Å². The van der Waals surface area contributed by atoms with Gasteiger partial charge < -0.3 is 10.1 Å². The normalized spacial score (nSPS) is 27.8. The van der Waals surface area contributed by atoms with Crippen LogP contribution in [0.15, 0.2) is 18.2 Å². The lowest BCUT2D eigenvalue weighted by Crippen LogP contribution is -2.44. The van der Waals surface area contributed by atoms with Crippen LogP contribution >= 0.6 is 11.8 Å². The molecule has 0 aromatic heterocycles. The molecule has 2 saturated heterocycles. The number of alkyl halides is 3. The maximum Gasteiger partial charge on any atom is 0.417 e. The van der Waals surface area contributed by atoms with Gasteiger partial charge in [-0.05, 0) is 43.2 Å². The molecular weight excluding hydrogens is 325 g/mol. The van der Waals surface area contributed by atoms with E-state index in [1.165, 1.54) is 6.07 Å². The van der Waals surface area contributed by atoms with Crippen molar-refractivity contribution in [2.75, 3.05) is 23.4 Å². The van der Waals surface area contributed by atoms with Gasteiger partial charge in [0.25, 0.3) is 0 Å². The molecule has 2 aliphatic rings. The highest BCUT2D eigenvalue weighted by molar-refractivity contribution is 7.99. The lowest BCUT2D eigenvalue weighted by atomic mass is 9.89. The smallest absolute Gasteiger partial charge is 0.382 e. The zero-order valence-electron chi connectivity index (χ0n) is 12.4. The molecule has 0 radical (unpaired) electrons. The summed E-state index contributed by atoms with van der Waals surface area (Å²) in [5, 5.41) is 12.0. The Morgan fingerprint density at radius 2 is 2.22 bits per heavy atom. The number of anilines is 1. The van der Waals surface area contributed by atoms with Gasteiger partial charge in [-0.3, -0.25) is 0 Å². The van der Waals surface area contributed by atoms with Crippen molar-refractivity contribution < 1.29 is 17.9 Å². The highest BCUT2D eigenvalue weighted by Crippen LogP contribution is 2.39. The third-order valence-electron chi connectivity index (χ3n) is 4.38. The molecule has 3 rings (SSSR count). The van der Waals surface area contributed by atoms with Gasteiger partial charge in [0.05, 0.1) is 22.8 Å². The predicted octanol–water partition coefficient (Wildman–Crippen LogP) is 4.04. The number of nitriles is 1. The van der Waals surface area contributed by atoms with Crippen LogP contribution in [0.1, 0.15) is 30.4 Å². The summed E-state index contributed by atoms with van der Waals surface area (Å²) in [5.41, 5.74) is -0.953. The summed E-state index contributed by atoms with van der Waals surface area (Å²) in [4.78, 5) is 0. The molecule has 23 heavy (non-hydrogen) atoms. The van der Waals surface area contributed by atoms with E-state index in [2.05, 4.69) is 5.32 Å². The first-order chi connectivity index (χ1) is 10.9. The van der Waals surface area contributed by atoms with Gasteiger partial charge in [-0.1, -0.05) is 0 Å². The number of thioether (sulfide) groups is 1. The molecule has 0 saturated carbocycles. The number of hydrogen-bond donors (Lipinski definition) is 1. The molecule has 1 N–H and O–H groups in total. The number of ether oxygens (including phenoxy) is 1. The van der Waals surface area contributed by atoms with E-state index in [0.29, 0.717) is 12.3 Å². The fourth-order valence-electron chi connectivity index (χ4n) is 3.22. The van der Waals surface area contributed by atoms with Crippen molar-refractivity contribution in [3.63, 3.8) is 0 Å². The second kappa shape index (κ2) is 6.25. The Balaban J connectivity index is 1.76. The summed E-state index contributed by atoms with van der Waals surface area (Å²) in [6.07, 6.45) is -1.95. The first kappa shape index (κ1) is 16.5. The topological polar surface area (TPSA) is 45.0 Å². The van der Waals surface area contributed by atoms with Crippen molar-refractivity contribution in [1.82, 2.24) is 0 Å². The summed E-state index contributed by atoms with van der Waals surface area (Å²) >= 11 is 1.86. The Morgan fingerprint density at radius 3 is 2.87 bits per heavy atom. The lowest BCUT2D eigenvalue weighted by molar-refractivity contribution is -0.137. The largest absolute Gasteiger partial charge is 0.417 e. The molecule has 1 aromatic rings. The van der Waals surface area contributed by atoms with Gasteiger partial charge in [0.1, 0.15) is 0 Å². The van der Waals surface area contributed by atoms with Crippen LogP contribution in [0.3, 0.4) is 0 Å². The van der Waals surface area contributed by atoms with Crippen LogP contribution in [0.2, 0.25) is 0 Å². The van der Waals surface area contributed by atoms with Crippen LogP contribution in [0, 0.1) is 11.3 Å². The van der Waals surface area contributed by atoms with Crippen LogP contribution in [-0.2, 0) is 10.9 Å². The van der Waals surface area contributed by atoms with Gasteiger partial charge in [-0.15, -0.1) is 0 Å². The molecule has 2 fully saturated rings. The van der Waals surface area contributed by atoms with Crippen LogP contribution in [0.5, 0.6) is 0 Å². The maximum absolute atomic E-state index is 13.0. The van der Waals surface area contributed by atoms with Crippen molar-refractivity contribution in [1.29, 1.82) is 5.26 Å². The molecule has 7 heteroatoms. The fourth-order valence-corrected chi connectivity index (χ4v) is 4.59. The van der Waals surface area contributed by atoms with Crippen LogP contribution in [-0.4, -0.2) is 29.8 Å². The highest BCUT2D eigenvalue weighted by Gasteiger charge is 2.40. The SMILES string of the molecule is N#Cc1ccc(NC2CCOC3(CCSC3)C2)cc1C(F)(F)F. The van der Waals surface area contributed by atoms with E-state index in [1.54, 1.807) is 12.1 Å². The third kappa shape index (κ3) is 3.59. The van der Waals surface area contributed by atoms with Gasteiger partial charge in [0.15, 0.2) is 0 Å². The average Bonchev–Trinajstić information content (AvgIpc) is 2.94. The predicted molar refractivity (Wildman–Crippen MR) is 83.4 cm³/mol. The lowest BCUT2D eigenvalue weighted by Gasteiger charge is -2.38. The number of benzene rings is 1. The minimum absolute atomic E-state index is 0.0940. The number of nitrogens with zero attached hydrogens (tertiary/aromatic N) is 1. The quantitative estimate of drug-likeness (QED) is 0.881. The van der Waals surface area contributed by atoms with Crippen molar-refractivity contribution in [2.45, 2.75) is 37.1 Å². The van der Waals surface area contributed by atoms with E-state index in [9.17, 15) is 13.2 Å². The van der Waals surface area contributed by atoms with E-state index in [0.717, 1.165) is 36.8 Å². The number of hydrogen-bond acceptors (Lipinski definition) is 4. The number of rotatable bonds is 2. The molecule has 3 nitrogen and oxygen atoms in total. The van der Waals surface area contributed by atoms with Crippen LogP contribution < -0.4 is 5.32 Å². The molecular formula is C16H17F3N2OS. The van der Waals surface area contributed by atoms with Crippen molar-refractivity contribution >= 4 is 17.4 Å². The Kier molecular flexibility index (Phi) is 4.47. The molecule has 0 amide bonds. The molecule has 2 atom stereocenters. The van der Waals surface area contributed by atoms with E-state index in [4.69, 9.17) is 10.00 Å². The first-order valence-electron chi connectivity index (χ1n) is 7.51. The van der Waals surface area contributed by atoms with Gasteiger partial charge in [-0.2, -0.15) is 30.2 Å². The van der Waals surface area contributed by atoms with E-state index >= 15 is 0 Å². The molecule has 0 bridgehead atoms. The zero-order chi connectivity index (χ0) is 16.5. The summed E-state index contributed by atoms with van der Waals surface area (Å²) in [6, 6.07) is 5.50. The van der Waals surface area contributed by atoms with Crippen LogP contribution in [0.4, 0.5) is 18.9 Å². The van der Waals surface area contributed by atoms with Crippen molar-refractivity contribution in [2.24, 2.45) is 0 Å². The van der Waals surface area contributed by atoms with E-state index in [-0.39, 0.29) is 17.2 Å². The number of halogens is 3. The molecule has 1 spiro atoms. The maximum atomic E-state index is 13.0. The minimum atomic E-state index is -4.53. The summed E-state index contributed by atoms with van der Waals surface area (Å²) < 4.78 is 45.0. The first-order valence-corrected chi connectivity index (χ1v) is 8.67. The van der Waals surface area contributed by atoms with E-state index < -0.39 is 11.7 Å². The molecule has 1 aromatic carbocycles. The molecule has 2 unspecified atom stereocenters. The summed E-state index contributed by atoms with van der Waals surface area (Å²) in [7, 11) is 0. The van der Waals surface area contributed by atoms with Crippen molar-refractivity contribution in [3.8, 4) is 6.07 Å². The van der Waals surface area contributed by atoms with Gasteiger partial charge in [-0.25, -0.2) is 0 Å². The summed E-state index contributed by atoms with van der Waals surface area (Å²) in [5.74, 6) is 2.02. The standard InChI is InChI=1S/C16H17F3N2OS/c17-16(18,19)14-7-12(2-1-11(14)9-20)21-13-3-5-22-15(8-13)4-6-23-10-15/h1-2,7,13,21H,3-6,8,10H2. The van der Waals surface area contributed by atoms with Crippen molar-refractivity contribution in [3.05, 3.63) is 29.3 Å². The van der Waals surface area contributed by atoms with Crippen LogP contribution in [0.25, 0.3) is 0 Å². The summed E-state index contributed by atoms with van der Waals surface area (Å²) in [6.45, 7) is 0.626. The Labute approximate surface area is 137 Å². The van der Waals surface area contributed by atoms with Gasteiger partial charge in [0.2, 0.25) is 0 Å². The Morgan fingerprint density at radius 1 is 1.39 bits per heavy atom. The highest BCUT2D eigenvalue weighted by atomic mass is 32.2. The average molecular weight is 342 g/mol. The molecule has 0 aliphatic carbocycles.